The second kappa shape index (κ2) is 5.08. The first kappa shape index (κ1) is 11.1. The van der Waals surface area contributed by atoms with Gasteiger partial charge in [0.15, 0.2) is 0 Å². The first-order valence-electron chi connectivity index (χ1n) is 3.89. The van der Waals surface area contributed by atoms with Crippen LogP contribution in [0.2, 0.25) is 5.02 Å². The van der Waals surface area contributed by atoms with Crippen LogP contribution < -0.4 is 0 Å². The molecule has 0 bridgehead atoms. The highest BCUT2D eigenvalue weighted by Crippen LogP contribution is 2.22. The van der Waals surface area contributed by atoms with E-state index in [4.69, 9.17) is 16.7 Å². The van der Waals surface area contributed by atoms with Gasteiger partial charge in [-0.3, -0.25) is 0 Å². The molecule has 0 saturated carbocycles. The summed E-state index contributed by atoms with van der Waals surface area (Å²) in [4.78, 5) is 11.4. The zero-order valence-electron chi connectivity index (χ0n) is 7.37. The molecule has 0 heterocycles. The minimum absolute atomic E-state index is 0.190. The third-order valence-electron chi connectivity index (χ3n) is 1.51. The summed E-state index contributed by atoms with van der Waals surface area (Å²) in [5.74, 6) is -0.588. The van der Waals surface area contributed by atoms with Gasteiger partial charge in [-0.1, -0.05) is 24.2 Å². The van der Waals surface area contributed by atoms with E-state index < -0.39 is 5.97 Å². The molecular formula is C10H9ClO2S. The van der Waals surface area contributed by atoms with E-state index in [9.17, 15) is 4.79 Å². The summed E-state index contributed by atoms with van der Waals surface area (Å²) in [6.07, 6.45) is 0. The van der Waals surface area contributed by atoms with Crippen molar-refractivity contribution in [1.29, 1.82) is 0 Å². The van der Waals surface area contributed by atoms with E-state index >= 15 is 0 Å². The molecule has 2 nitrogen and oxygen atoms in total. The molecule has 0 aromatic heterocycles. The SMILES string of the molecule is C=C(CSc1cccc(Cl)c1)C(=O)O. The van der Waals surface area contributed by atoms with Gasteiger partial charge in [0.25, 0.3) is 0 Å². The number of carbonyl (C=O) groups is 1. The second-order valence-corrected chi connectivity index (χ2v) is 4.14. The maximum absolute atomic E-state index is 10.4. The number of aliphatic carboxylic acids is 1. The minimum atomic E-state index is -0.959. The van der Waals surface area contributed by atoms with Crippen molar-refractivity contribution >= 4 is 29.3 Å². The quantitative estimate of drug-likeness (QED) is 0.636. The van der Waals surface area contributed by atoms with Crippen molar-refractivity contribution in [2.45, 2.75) is 4.90 Å². The van der Waals surface area contributed by atoms with Crippen LogP contribution in [0, 0.1) is 0 Å². The molecule has 1 aromatic carbocycles. The van der Waals surface area contributed by atoms with Gasteiger partial charge in [0.2, 0.25) is 0 Å². The second-order valence-electron chi connectivity index (χ2n) is 2.65. The van der Waals surface area contributed by atoms with Gasteiger partial charge in [-0.2, -0.15) is 0 Å². The molecule has 74 valence electrons. The monoisotopic (exact) mass is 228 g/mol. The highest BCUT2D eigenvalue weighted by Gasteiger charge is 2.04. The zero-order valence-corrected chi connectivity index (χ0v) is 8.94. The average molecular weight is 229 g/mol. The Kier molecular flexibility index (Phi) is 4.04. The number of carboxylic acid groups (broad SMARTS) is 1. The van der Waals surface area contributed by atoms with Crippen molar-refractivity contribution in [2.24, 2.45) is 0 Å². The van der Waals surface area contributed by atoms with Gasteiger partial charge >= 0.3 is 5.97 Å². The number of halogens is 1. The Labute approximate surface area is 91.6 Å². The van der Waals surface area contributed by atoms with E-state index in [0.29, 0.717) is 10.8 Å². The Morgan fingerprint density at radius 3 is 2.86 bits per heavy atom. The lowest BCUT2D eigenvalue weighted by Gasteiger charge is -2.01. The summed E-state index contributed by atoms with van der Waals surface area (Å²) in [5, 5.41) is 9.22. The molecule has 0 aliphatic carbocycles. The Morgan fingerprint density at radius 2 is 2.29 bits per heavy atom. The molecule has 1 rings (SSSR count). The first-order valence-corrected chi connectivity index (χ1v) is 5.25. The molecular weight excluding hydrogens is 220 g/mol. The number of benzene rings is 1. The number of carboxylic acids is 1. The lowest BCUT2D eigenvalue weighted by Crippen LogP contribution is -2.00. The predicted molar refractivity (Wildman–Crippen MR) is 59.0 cm³/mol. The van der Waals surface area contributed by atoms with Gasteiger partial charge in [0, 0.05) is 21.2 Å². The summed E-state index contributed by atoms with van der Waals surface area (Å²) >= 11 is 7.18. The Hall–Kier alpha value is -0.930. The van der Waals surface area contributed by atoms with Crippen LogP contribution >= 0.6 is 23.4 Å². The van der Waals surface area contributed by atoms with Gasteiger partial charge in [-0.05, 0) is 18.2 Å². The van der Waals surface area contributed by atoms with Crippen LogP contribution in [0.15, 0.2) is 41.3 Å². The summed E-state index contributed by atoms with van der Waals surface area (Å²) in [5.41, 5.74) is 0.190. The Bertz CT molecular complexity index is 363. The van der Waals surface area contributed by atoms with Gasteiger partial charge in [0.1, 0.15) is 0 Å². The summed E-state index contributed by atoms with van der Waals surface area (Å²) < 4.78 is 0. The van der Waals surface area contributed by atoms with Crippen LogP contribution in [-0.4, -0.2) is 16.8 Å². The maximum Gasteiger partial charge on any atom is 0.331 e. The van der Waals surface area contributed by atoms with E-state index in [-0.39, 0.29) is 5.57 Å². The first-order chi connectivity index (χ1) is 6.59. The maximum atomic E-state index is 10.4. The van der Waals surface area contributed by atoms with E-state index in [0.717, 1.165) is 4.90 Å². The smallest absolute Gasteiger partial charge is 0.331 e. The molecule has 0 radical (unpaired) electrons. The molecule has 0 atom stereocenters. The van der Waals surface area contributed by atoms with Gasteiger partial charge < -0.3 is 5.11 Å². The van der Waals surface area contributed by atoms with Crippen LogP contribution in [0.1, 0.15) is 0 Å². The largest absolute Gasteiger partial charge is 0.478 e. The van der Waals surface area contributed by atoms with Crippen LogP contribution in [0.25, 0.3) is 0 Å². The van der Waals surface area contributed by atoms with E-state index in [2.05, 4.69) is 6.58 Å². The van der Waals surface area contributed by atoms with Crippen LogP contribution in [-0.2, 0) is 4.79 Å². The standard InChI is InChI=1S/C10H9ClO2S/c1-7(10(12)13)6-14-9-4-2-3-8(11)5-9/h2-5H,1,6H2,(H,12,13). The summed E-state index contributed by atoms with van der Waals surface area (Å²) in [6.45, 7) is 3.44. The van der Waals surface area contributed by atoms with E-state index in [1.807, 2.05) is 12.1 Å². The average Bonchev–Trinajstić information content (AvgIpc) is 2.14. The van der Waals surface area contributed by atoms with Gasteiger partial charge in [0.05, 0.1) is 0 Å². The van der Waals surface area contributed by atoms with Crippen molar-refractivity contribution in [2.75, 3.05) is 5.75 Å². The van der Waals surface area contributed by atoms with Crippen LogP contribution in [0.3, 0.4) is 0 Å². The molecule has 1 N–H and O–H groups in total. The Balaban J connectivity index is 2.54. The molecule has 0 unspecified atom stereocenters. The third-order valence-corrected chi connectivity index (χ3v) is 2.83. The summed E-state index contributed by atoms with van der Waals surface area (Å²) in [7, 11) is 0. The minimum Gasteiger partial charge on any atom is -0.478 e. The lowest BCUT2D eigenvalue weighted by molar-refractivity contribution is -0.132. The number of hydrogen-bond acceptors (Lipinski definition) is 2. The molecule has 0 amide bonds. The van der Waals surface area contributed by atoms with Gasteiger partial charge in [-0.25, -0.2) is 4.79 Å². The summed E-state index contributed by atoms with van der Waals surface area (Å²) in [6, 6.07) is 7.28. The fourth-order valence-electron chi connectivity index (χ4n) is 0.789. The van der Waals surface area contributed by atoms with Crippen molar-refractivity contribution in [3.63, 3.8) is 0 Å². The number of hydrogen-bond donors (Lipinski definition) is 1. The van der Waals surface area contributed by atoms with Crippen LogP contribution in [0.5, 0.6) is 0 Å². The molecule has 0 aliphatic rings. The topological polar surface area (TPSA) is 37.3 Å². The fourth-order valence-corrected chi connectivity index (χ4v) is 1.89. The normalized spacial score (nSPS) is 9.79. The molecule has 0 aliphatic heterocycles. The Morgan fingerprint density at radius 1 is 1.57 bits per heavy atom. The van der Waals surface area contributed by atoms with Crippen molar-refractivity contribution in [3.8, 4) is 0 Å². The molecule has 1 aromatic rings. The van der Waals surface area contributed by atoms with Crippen molar-refractivity contribution in [3.05, 3.63) is 41.4 Å². The number of thioether (sulfide) groups is 1. The van der Waals surface area contributed by atoms with E-state index in [1.54, 1.807) is 12.1 Å². The highest BCUT2D eigenvalue weighted by molar-refractivity contribution is 7.99. The zero-order chi connectivity index (χ0) is 10.6. The van der Waals surface area contributed by atoms with Gasteiger partial charge in [-0.15, -0.1) is 11.8 Å². The molecule has 4 heteroatoms. The third kappa shape index (κ3) is 3.44. The highest BCUT2D eigenvalue weighted by atomic mass is 35.5. The van der Waals surface area contributed by atoms with E-state index in [1.165, 1.54) is 11.8 Å². The van der Waals surface area contributed by atoms with Crippen molar-refractivity contribution in [1.82, 2.24) is 0 Å². The molecule has 0 fully saturated rings. The number of rotatable bonds is 4. The van der Waals surface area contributed by atoms with Crippen LogP contribution in [0.4, 0.5) is 0 Å². The lowest BCUT2D eigenvalue weighted by atomic mass is 10.4. The molecule has 0 spiro atoms. The van der Waals surface area contributed by atoms with Crippen molar-refractivity contribution < 1.29 is 9.90 Å². The fraction of sp³-hybridized carbons (Fsp3) is 0.100. The molecule has 0 saturated heterocycles. The molecule has 14 heavy (non-hydrogen) atoms. The predicted octanol–water partition coefficient (Wildman–Crippen LogP) is 3.07.